The van der Waals surface area contributed by atoms with E-state index in [2.05, 4.69) is 35.2 Å². The van der Waals surface area contributed by atoms with Crippen molar-refractivity contribution in [2.75, 3.05) is 11.4 Å². The summed E-state index contributed by atoms with van der Waals surface area (Å²) in [4.78, 5) is 2.52. The van der Waals surface area contributed by atoms with E-state index in [0.29, 0.717) is 12.1 Å². The van der Waals surface area contributed by atoms with Crippen molar-refractivity contribution in [1.82, 2.24) is 0 Å². The third-order valence-corrected chi connectivity index (χ3v) is 3.98. The molecule has 0 radical (unpaired) electrons. The van der Waals surface area contributed by atoms with Crippen LogP contribution >= 0.6 is 0 Å². The number of benzene rings is 1. The lowest BCUT2D eigenvalue weighted by Crippen LogP contribution is -2.42. The smallest absolute Gasteiger partial charge is 0.0469 e. The summed E-state index contributed by atoms with van der Waals surface area (Å²) in [6.07, 6.45) is 3.86. The van der Waals surface area contributed by atoms with Gasteiger partial charge in [-0.2, -0.15) is 0 Å². The maximum absolute atomic E-state index is 6.21. The highest BCUT2D eigenvalue weighted by molar-refractivity contribution is 5.49. The molecular weight excluding hydrogens is 184 g/mol. The zero-order valence-corrected chi connectivity index (χ0v) is 8.97. The van der Waals surface area contributed by atoms with Crippen LogP contribution in [0.15, 0.2) is 30.3 Å². The Bertz CT molecular complexity index is 336. The maximum atomic E-state index is 6.21. The highest BCUT2D eigenvalue weighted by atomic mass is 15.2. The third-order valence-electron chi connectivity index (χ3n) is 3.98. The number of nitrogens with zero attached hydrogens (tertiary/aromatic N) is 1. The van der Waals surface area contributed by atoms with Crippen molar-refractivity contribution >= 4 is 5.69 Å². The molecule has 2 nitrogen and oxygen atoms in total. The lowest BCUT2D eigenvalue weighted by Gasteiger charge is -2.29. The van der Waals surface area contributed by atoms with Gasteiger partial charge >= 0.3 is 0 Å². The minimum atomic E-state index is 0.387. The van der Waals surface area contributed by atoms with Crippen molar-refractivity contribution in [2.45, 2.75) is 31.3 Å². The number of hydrogen-bond acceptors (Lipinski definition) is 2. The van der Waals surface area contributed by atoms with Crippen LogP contribution in [0.5, 0.6) is 0 Å². The molecule has 3 rings (SSSR count). The molecule has 0 unspecified atom stereocenters. The molecule has 2 fully saturated rings. The van der Waals surface area contributed by atoms with E-state index < -0.39 is 0 Å². The second-order valence-electron chi connectivity index (χ2n) is 4.81. The van der Waals surface area contributed by atoms with Crippen molar-refractivity contribution in [3.63, 3.8) is 0 Å². The minimum absolute atomic E-state index is 0.387. The first-order chi connectivity index (χ1) is 7.36. The molecule has 2 N–H and O–H groups in total. The van der Waals surface area contributed by atoms with E-state index in [4.69, 9.17) is 5.73 Å². The second-order valence-corrected chi connectivity index (χ2v) is 4.81. The van der Waals surface area contributed by atoms with Crippen LogP contribution < -0.4 is 10.6 Å². The van der Waals surface area contributed by atoms with Crippen molar-refractivity contribution in [3.8, 4) is 0 Å². The number of nitrogens with two attached hydrogens (primary N) is 1. The summed E-state index contributed by atoms with van der Waals surface area (Å²) < 4.78 is 0. The van der Waals surface area contributed by atoms with Crippen LogP contribution in [0.2, 0.25) is 0 Å². The van der Waals surface area contributed by atoms with Gasteiger partial charge in [0, 0.05) is 24.3 Å². The van der Waals surface area contributed by atoms with Crippen molar-refractivity contribution in [1.29, 1.82) is 0 Å². The zero-order valence-electron chi connectivity index (χ0n) is 8.97. The zero-order chi connectivity index (χ0) is 10.3. The molecule has 1 aromatic carbocycles. The van der Waals surface area contributed by atoms with Gasteiger partial charge in [0.1, 0.15) is 0 Å². The minimum Gasteiger partial charge on any atom is -0.367 e. The molecule has 1 aliphatic heterocycles. The number of rotatable bonds is 1. The van der Waals surface area contributed by atoms with Crippen molar-refractivity contribution in [3.05, 3.63) is 30.3 Å². The van der Waals surface area contributed by atoms with E-state index >= 15 is 0 Å². The summed E-state index contributed by atoms with van der Waals surface area (Å²) in [6, 6.07) is 11.7. The Morgan fingerprint density at radius 3 is 2.67 bits per heavy atom. The first-order valence-corrected chi connectivity index (χ1v) is 5.93. The summed E-state index contributed by atoms with van der Waals surface area (Å²) in [7, 11) is 0. The first kappa shape index (κ1) is 9.22. The van der Waals surface area contributed by atoms with Crippen molar-refractivity contribution < 1.29 is 0 Å². The lowest BCUT2D eigenvalue weighted by molar-refractivity contribution is 0.516. The van der Waals surface area contributed by atoms with Gasteiger partial charge in [-0.05, 0) is 37.3 Å². The molecular formula is C13H18N2. The predicted octanol–water partition coefficient (Wildman–Crippen LogP) is 2.00. The standard InChI is InChI=1S/C13H18N2/c14-12-7-6-10-8-9-15(13(10)12)11-4-2-1-3-5-11/h1-5,10,12-13H,6-9,14H2/t10-,12+,13+/m1/s1. The summed E-state index contributed by atoms with van der Waals surface area (Å²) >= 11 is 0. The van der Waals surface area contributed by atoms with E-state index in [1.54, 1.807) is 0 Å². The van der Waals surface area contributed by atoms with E-state index in [-0.39, 0.29) is 0 Å². The Balaban J connectivity index is 1.88. The molecule has 0 spiro atoms. The van der Waals surface area contributed by atoms with Gasteiger partial charge in [0.25, 0.3) is 0 Å². The Morgan fingerprint density at radius 2 is 1.87 bits per heavy atom. The molecule has 0 bridgehead atoms. The second kappa shape index (κ2) is 3.53. The molecule has 1 heterocycles. The quantitative estimate of drug-likeness (QED) is 0.754. The van der Waals surface area contributed by atoms with Crippen LogP contribution in [0.3, 0.4) is 0 Å². The van der Waals surface area contributed by atoms with Gasteiger partial charge in [0.05, 0.1) is 0 Å². The van der Waals surface area contributed by atoms with Crippen LogP contribution in [-0.2, 0) is 0 Å². The number of hydrogen-bond donors (Lipinski definition) is 1. The van der Waals surface area contributed by atoms with Crippen LogP contribution in [0.25, 0.3) is 0 Å². The van der Waals surface area contributed by atoms with E-state index in [1.165, 1.54) is 31.5 Å². The molecule has 3 atom stereocenters. The average Bonchev–Trinajstić information content (AvgIpc) is 2.84. The molecule has 1 aromatic rings. The fourth-order valence-electron chi connectivity index (χ4n) is 3.27. The molecule has 80 valence electrons. The van der Waals surface area contributed by atoms with Gasteiger partial charge < -0.3 is 10.6 Å². The summed E-state index contributed by atoms with van der Waals surface area (Å²) in [5, 5.41) is 0. The molecule has 2 aliphatic rings. The van der Waals surface area contributed by atoms with Crippen LogP contribution in [0, 0.1) is 5.92 Å². The summed E-state index contributed by atoms with van der Waals surface area (Å²) in [5.41, 5.74) is 7.56. The fraction of sp³-hybridized carbons (Fsp3) is 0.538. The number of anilines is 1. The Labute approximate surface area is 91.1 Å². The Hall–Kier alpha value is -1.02. The normalized spacial score (nSPS) is 34.5. The monoisotopic (exact) mass is 202 g/mol. The molecule has 0 amide bonds. The third kappa shape index (κ3) is 1.44. The SMILES string of the molecule is N[C@H]1CC[C@@H]2CCN(c3ccccc3)[C@@H]21. The molecule has 2 heteroatoms. The molecule has 1 saturated heterocycles. The van der Waals surface area contributed by atoms with Crippen LogP contribution in [-0.4, -0.2) is 18.6 Å². The highest BCUT2D eigenvalue weighted by Gasteiger charge is 2.42. The van der Waals surface area contributed by atoms with Gasteiger partial charge in [0.2, 0.25) is 0 Å². The topological polar surface area (TPSA) is 29.3 Å². The molecule has 0 aromatic heterocycles. The van der Waals surface area contributed by atoms with E-state index in [9.17, 15) is 0 Å². The molecule has 1 aliphatic carbocycles. The molecule has 15 heavy (non-hydrogen) atoms. The summed E-state index contributed by atoms with van der Waals surface area (Å²) in [6.45, 7) is 1.19. The van der Waals surface area contributed by atoms with Gasteiger partial charge in [-0.1, -0.05) is 18.2 Å². The Morgan fingerprint density at radius 1 is 1.07 bits per heavy atom. The van der Waals surface area contributed by atoms with E-state index in [1.807, 2.05) is 0 Å². The lowest BCUT2D eigenvalue weighted by atomic mass is 10.0. The maximum Gasteiger partial charge on any atom is 0.0469 e. The van der Waals surface area contributed by atoms with Crippen LogP contribution in [0.4, 0.5) is 5.69 Å². The van der Waals surface area contributed by atoms with Gasteiger partial charge in [0.15, 0.2) is 0 Å². The first-order valence-electron chi connectivity index (χ1n) is 5.93. The number of fused-ring (bicyclic) bond motifs is 1. The predicted molar refractivity (Wildman–Crippen MR) is 62.9 cm³/mol. The largest absolute Gasteiger partial charge is 0.367 e. The van der Waals surface area contributed by atoms with Crippen molar-refractivity contribution in [2.24, 2.45) is 11.7 Å². The van der Waals surface area contributed by atoms with Gasteiger partial charge in [-0.3, -0.25) is 0 Å². The highest BCUT2D eigenvalue weighted by Crippen LogP contribution is 2.39. The van der Waals surface area contributed by atoms with Gasteiger partial charge in [-0.25, -0.2) is 0 Å². The molecule has 1 saturated carbocycles. The average molecular weight is 202 g/mol. The Kier molecular flexibility index (Phi) is 2.17. The van der Waals surface area contributed by atoms with E-state index in [0.717, 1.165) is 5.92 Å². The fourth-order valence-corrected chi connectivity index (χ4v) is 3.27. The van der Waals surface area contributed by atoms with Gasteiger partial charge in [-0.15, -0.1) is 0 Å². The van der Waals surface area contributed by atoms with Crippen LogP contribution in [0.1, 0.15) is 19.3 Å². The number of para-hydroxylation sites is 1. The summed E-state index contributed by atoms with van der Waals surface area (Å²) in [5.74, 6) is 0.847.